The van der Waals surface area contributed by atoms with Crippen molar-refractivity contribution in [3.8, 4) is 0 Å². The number of halogens is 1. The molecule has 98 valence electrons. The molecule has 1 rings (SSSR count). The zero-order chi connectivity index (χ0) is 12.8. The summed E-state index contributed by atoms with van der Waals surface area (Å²) in [5, 5.41) is 14.0. The van der Waals surface area contributed by atoms with E-state index < -0.39 is 18.7 Å². The molecule has 0 saturated heterocycles. The minimum Gasteiger partial charge on any atom is -0.481 e. The van der Waals surface area contributed by atoms with Gasteiger partial charge in [-0.3, -0.25) is 4.79 Å². The van der Waals surface area contributed by atoms with Crippen LogP contribution in [-0.2, 0) is 4.79 Å². The lowest BCUT2D eigenvalue weighted by Gasteiger charge is -2.27. The minimum atomic E-state index is -0.765. The van der Waals surface area contributed by atoms with Gasteiger partial charge >= 0.3 is 12.0 Å². The number of carboxylic acids is 1. The van der Waals surface area contributed by atoms with Crippen molar-refractivity contribution < 1.29 is 19.1 Å². The van der Waals surface area contributed by atoms with E-state index in [1.807, 2.05) is 0 Å². The molecule has 1 unspecified atom stereocenters. The standard InChI is InChI=1S/C11H19FN2O3/c1-7(6-12)13-11(17)14-9-4-2-8(3-5-9)10(15)16/h7-9H,2-6H2,1H3,(H,15,16)(H2,13,14,17). The molecule has 0 bridgehead atoms. The maximum atomic E-state index is 12.2. The van der Waals surface area contributed by atoms with Crippen LogP contribution in [0.1, 0.15) is 32.6 Å². The molecule has 17 heavy (non-hydrogen) atoms. The van der Waals surface area contributed by atoms with Crippen LogP contribution in [0.15, 0.2) is 0 Å². The van der Waals surface area contributed by atoms with Crippen molar-refractivity contribution in [1.82, 2.24) is 10.6 Å². The predicted octanol–water partition coefficient (Wildman–Crippen LogP) is 1.29. The molecule has 0 aromatic carbocycles. The lowest BCUT2D eigenvalue weighted by molar-refractivity contribution is -0.142. The number of hydrogen-bond acceptors (Lipinski definition) is 2. The van der Waals surface area contributed by atoms with Crippen molar-refractivity contribution in [2.45, 2.75) is 44.7 Å². The fourth-order valence-corrected chi connectivity index (χ4v) is 1.97. The quantitative estimate of drug-likeness (QED) is 0.699. The second kappa shape index (κ2) is 6.42. The van der Waals surface area contributed by atoms with Crippen LogP contribution >= 0.6 is 0 Å². The van der Waals surface area contributed by atoms with E-state index in [0.29, 0.717) is 25.7 Å². The first-order valence-electron chi connectivity index (χ1n) is 5.88. The van der Waals surface area contributed by atoms with Gasteiger partial charge < -0.3 is 15.7 Å². The van der Waals surface area contributed by atoms with Crippen molar-refractivity contribution in [2.75, 3.05) is 6.67 Å². The van der Waals surface area contributed by atoms with E-state index in [2.05, 4.69) is 10.6 Å². The Kier molecular flexibility index (Phi) is 5.18. The molecule has 1 aliphatic rings. The van der Waals surface area contributed by atoms with E-state index >= 15 is 0 Å². The van der Waals surface area contributed by atoms with Crippen LogP contribution in [0.2, 0.25) is 0 Å². The summed E-state index contributed by atoms with van der Waals surface area (Å²) in [6, 6.07) is -0.878. The zero-order valence-electron chi connectivity index (χ0n) is 9.91. The Bertz CT molecular complexity index is 278. The number of amides is 2. The second-order valence-electron chi connectivity index (χ2n) is 4.56. The molecule has 1 saturated carbocycles. The smallest absolute Gasteiger partial charge is 0.315 e. The van der Waals surface area contributed by atoms with Crippen molar-refractivity contribution >= 4 is 12.0 Å². The second-order valence-corrected chi connectivity index (χ2v) is 4.56. The first kappa shape index (κ1) is 13.7. The molecular formula is C11H19FN2O3. The number of carbonyl (C=O) groups excluding carboxylic acids is 1. The molecule has 5 nitrogen and oxygen atoms in total. The Balaban J connectivity index is 2.26. The molecule has 0 radical (unpaired) electrons. The number of rotatable bonds is 4. The summed E-state index contributed by atoms with van der Waals surface area (Å²) < 4.78 is 12.2. The summed E-state index contributed by atoms with van der Waals surface area (Å²) in [6.07, 6.45) is 2.49. The highest BCUT2D eigenvalue weighted by Crippen LogP contribution is 2.24. The average Bonchev–Trinajstić information content (AvgIpc) is 2.29. The summed E-state index contributed by atoms with van der Waals surface area (Å²) in [7, 11) is 0. The molecule has 0 heterocycles. The summed E-state index contributed by atoms with van der Waals surface area (Å²) in [6.45, 7) is 0.986. The normalized spacial score (nSPS) is 26.0. The number of aliphatic carboxylic acids is 1. The Morgan fingerprint density at radius 1 is 1.35 bits per heavy atom. The molecule has 1 fully saturated rings. The van der Waals surface area contributed by atoms with Gasteiger partial charge in [-0.25, -0.2) is 9.18 Å². The molecule has 1 atom stereocenters. The van der Waals surface area contributed by atoms with Crippen LogP contribution < -0.4 is 10.6 Å². The van der Waals surface area contributed by atoms with Crippen LogP contribution in [0.4, 0.5) is 9.18 Å². The Morgan fingerprint density at radius 3 is 2.41 bits per heavy atom. The maximum Gasteiger partial charge on any atom is 0.315 e. The SMILES string of the molecule is CC(CF)NC(=O)NC1CCC(C(=O)O)CC1. The number of nitrogens with one attached hydrogen (secondary N) is 2. The van der Waals surface area contributed by atoms with Gasteiger partial charge in [0.05, 0.1) is 12.0 Å². The van der Waals surface area contributed by atoms with E-state index in [1.54, 1.807) is 6.92 Å². The average molecular weight is 246 g/mol. The van der Waals surface area contributed by atoms with E-state index in [9.17, 15) is 14.0 Å². The number of carbonyl (C=O) groups is 2. The third kappa shape index (κ3) is 4.58. The van der Waals surface area contributed by atoms with Crippen molar-refractivity contribution in [2.24, 2.45) is 5.92 Å². The molecule has 0 aliphatic heterocycles. The minimum absolute atomic E-state index is 0.00240. The monoisotopic (exact) mass is 246 g/mol. The molecule has 0 aromatic heterocycles. The molecule has 1 aliphatic carbocycles. The highest BCUT2D eigenvalue weighted by atomic mass is 19.1. The van der Waals surface area contributed by atoms with Gasteiger partial charge in [-0.05, 0) is 32.6 Å². The summed E-state index contributed by atoms with van der Waals surface area (Å²) in [5.41, 5.74) is 0. The predicted molar refractivity (Wildman–Crippen MR) is 60.5 cm³/mol. The van der Waals surface area contributed by atoms with Crippen LogP contribution in [0.3, 0.4) is 0 Å². The van der Waals surface area contributed by atoms with Crippen LogP contribution in [0.5, 0.6) is 0 Å². The van der Waals surface area contributed by atoms with Crippen LogP contribution in [-0.4, -0.2) is 35.9 Å². The summed E-state index contributed by atoms with van der Waals surface area (Å²) in [4.78, 5) is 22.1. The molecule has 0 spiro atoms. The Labute approximate surface area is 99.8 Å². The molecular weight excluding hydrogens is 227 g/mol. The number of hydrogen-bond donors (Lipinski definition) is 3. The number of carboxylic acid groups (broad SMARTS) is 1. The van der Waals surface area contributed by atoms with Crippen molar-refractivity contribution in [3.63, 3.8) is 0 Å². The van der Waals surface area contributed by atoms with Crippen LogP contribution in [0, 0.1) is 5.92 Å². The zero-order valence-corrected chi connectivity index (χ0v) is 9.91. The third-order valence-electron chi connectivity index (χ3n) is 3.02. The fraction of sp³-hybridized carbons (Fsp3) is 0.818. The van der Waals surface area contributed by atoms with Gasteiger partial charge in [0, 0.05) is 6.04 Å². The Morgan fingerprint density at radius 2 is 1.94 bits per heavy atom. The van der Waals surface area contributed by atoms with Gasteiger partial charge in [0.2, 0.25) is 0 Å². The highest BCUT2D eigenvalue weighted by molar-refractivity contribution is 5.74. The summed E-state index contributed by atoms with van der Waals surface area (Å²) in [5.74, 6) is -1.06. The lowest BCUT2D eigenvalue weighted by atomic mass is 9.86. The number of alkyl halides is 1. The van der Waals surface area contributed by atoms with Gasteiger partial charge in [0.1, 0.15) is 6.67 Å². The van der Waals surface area contributed by atoms with E-state index in [1.165, 1.54) is 0 Å². The first-order chi connectivity index (χ1) is 8.02. The van der Waals surface area contributed by atoms with Crippen LogP contribution in [0.25, 0.3) is 0 Å². The van der Waals surface area contributed by atoms with Gasteiger partial charge in [-0.15, -0.1) is 0 Å². The fourth-order valence-electron chi connectivity index (χ4n) is 1.97. The van der Waals surface area contributed by atoms with Gasteiger partial charge in [-0.2, -0.15) is 0 Å². The topological polar surface area (TPSA) is 78.4 Å². The summed E-state index contributed by atoms with van der Waals surface area (Å²) >= 11 is 0. The molecule has 3 N–H and O–H groups in total. The van der Waals surface area contributed by atoms with E-state index in [4.69, 9.17) is 5.11 Å². The van der Waals surface area contributed by atoms with Gasteiger partial charge in [0.15, 0.2) is 0 Å². The van der Waals surface area contributed by atoms with Crippen molar-refractivity contribution in [3.05, 3.63) is 0 Å². The van der Waals surface area contributed by atoms with Crippen molar-refractivity contribution in [1.29, 1.82) is 0 Å². The molecule has 2 amide bonds. The van der Waals surface area contributed by atoms with Gasteiger partial charge in [-0.1, -0.05) is 0 Å². The van der Waals surface area contributed by atoms with E-state index in [0.717, 1.165) is 0 Å². The lowest BCUT2D eigenvalue weighted by Crippen LogP contribution is -2.47. The maximum absolute atomic E-state index is 12.2. The highest BCUT2D eigenvalue weighted by Gasteiger charge is 2.26. The third-order valence-corrected chi connectivity index (χ3v) is 3.02. The Hall–Kier alpha value is -1.33. The largest absolute Gasteiger partial charge is 0.481 e. The molecule has 6 heteroatoms. The number of urea groups is 1. The first-order valence-corrected chi connectivity index (χ1v) is 5.88. The van der Waals surface area contributed by atoms with Gasteiger partial charge in [0.25, 0.3) is 0 Å². The van der Waals surface area contributed by atoms with E-state index in [-0.39, 0.29) is 18.0 Å². The molecule has 0 aromatic rings.